The molecule has 66 valence electrons. The Morgan fingerprint density at radius 1 is 1.69 bits per heavy atom. The molecule has 0 aliphatic rings. The predicted octanol–water partition coefficient (Wildman–Crippen LogP) is -0.200. The van der Waals surface area contributed by atoms with Gasteiger partial charge in [-0.15, -0.1) is 0 Å². The smallest absolute Gasteiger partial charge is 0.423 e. The molecule has 0 saturated heterocycles. The van der Waals surface area contributed by atoms with E-state index < -0.39 is 20.3 Å². The van der Waals surface area contributed by atoms with Crippen molar-refractivity contribution in [2.45, 2.75) is 13.2 Å². The van der Waals surface area contributed by atoms with E-state index in [2.05, 4.69) is 0 Å². The number of hydrogen-bond acceptors (Lipinski definition) is 3. The van der Waals surface area contributed by atoms with Gasteiger partial charge in [0, 0.05) is 6.85 Å². The first kappa shape index (κ1) is 4.80. The molecule has 3 nitrogen and oxygen atoms in total. The molecule has 0 amide bonds. The highest BCUT2D eigenvalue weighted by molar-refractivity contribution is 6.58. The summed E-state index contributed by atoms with van der Waals surface area (Å²) < 4.78 is 36.6. The van der Waals surface area contributed by atoms with Gasteiger partial charge in [-0.2, -0.15) is 5.26 Å². The number of benzene rings is 1. The van der Waals surface area contributed by atoms with Crippen LogP contribution in [0.15, 0.2) is 18.2 Å². The summed E-state index contributed by atoms with van der Waals surface area (Å²) in [7, 11) is -1.86. The second kappa shape index (κ2) is 4.08. The fourth-order valence-corrected chi connectivity index (χ4v) is 0.923. The maximum Gasteiger partial charge on any atom is 0.488 e. The largest absolute Gasteiger partial charge is 0.488 e. The van der Waals surface area contributed by atoms with Crippen LogP contribution < -0.4 is 5.46 Å². The number of aryl methyl sites for hydroxylation is 1. The molecule has 4 heteroatoms. The van der Waals surface area contributed by atoms with Crippen molar-refractivity contribution in [3.05, 3.63) is 29.3 Å². The highest BCUT2D eigenvalue weighted by Gasteiger charge is 2.12. The second-order valence-corrected chi connectivity index (χ2v) is 2.42. The average Bonchev–Trinajstić information content (AvgIpc) is 2.26. The summed E-state index contributed by atoms with van der Waals surface area (Å²) in [5.74, 6) is 0. The van der Waals surface area contributed by atoms with Gasteiger partial charge in [-0.3, -0.25) is 0 Å². The van der Waals surface area contributed by atoms with Gasteiger partial charge in [0.15, 0.2) is 0 Å². The Bertz CT molecular complexity index is 495. The van der Waals surface area contributed by atoms with Crippen LogP contribution in [0.4, 0.5) is 0 Å². The van der Waals surface area contributed by atoms with Gasteiger partial charge < -0.3 is 10.0 Å². The zero-order valence-corrected chi connectivity index (χ0v) is 6.65. The minimum Gasteiger partial charge on any atom is -0.423 e. The van der Waals surface area contributed by atoms with Crippen molar-refractivity contribution in [2.75, 3.05) is 0 Å². The van der Waals surface area contributed by atoms with Crippen molar-refractivity contribution < 1.29 is 16.9 Å². The first-order chi connectivity index (χ1) is 8.11. The molecule has 0 aromatic heterocycles. The van der Waals surface area contributed by atoms with E-state index >= 15 is 0 Å². The lowest BCUT2D eigenvalue weighted by atomic mass is 9.78. The minimum absolute atomic E-state index is 0.0721. The number of nitrogens with zero attached hydrogens (tertiary/aromatic N) is 1. The van der Waals surface area contributed by atoms with E-state index in [1.807, 2.05) is 0 Å². The Hall–Kier alpha value is -1.31. The summed E-state index contributed by atoms with van der Waals surface area (Å²) in [5, 5.41) is 26.8. The van der Waals surface area contributed by atoms with Crippen LogP contribution in [0.1, 0.15) is 24.8 Å². The van der Waals surface area contributed by atoms with Gasteiger partial charge in [0.1, 0.15) is 0 Å². The second-order valence-electron chi connectivity index (χ2n) is 2.42. The molecule has 0 saturated carbocycles. The third-order valence-electron chi connectivity index (χ3n) is 1.60. The maximum absolute atomic E-state index is 8.99. The van der Waals surface area contributed by atoms with Crippen molar-refractivity contribution in [3.63, 3.8) is 0 Å². The van der Waals surface area contributed by atoms with Gasteiger partial charge in [0.05, 0.1) is 11.6 Å². The molecule has 1 rings (SSSR count). The number of rotatable bonds is 2. The molecule has 0 bridgehead atoms. The molecule has 1 aromatic carbocycles. The summed E-state index contributed by atoms with van der Waals surface area (Å²) in [6, 6.07) is 5.05. The number of nitriles is 1. The topological polar surface area (TPSA) is 64.2 Å². The maximum atomic E-state index is 8.99. The Kier molecular flexibility index (Phi) is 1.51. The third kappa shape index (κ3) is 2.08. The number of hydrogen-bond donors (Lipinski definition) is 2. The lowest BCUT2D eigenvalue weighted by Gasteiger charge is -2.03. The SMILES string of the molecule is [2H]C([2H])([2H])C([2H])([2H])c1cc(B(O)O)ccc1C#N. The minimum atomic E-state index is -2.96. The zero-order valence-electron chi connectivity index (χ0n) is 11.7. The van der Waals surface area contributed by atoms with Gasteiger partial charge >= 0.3 is 7.12 Å². The molecule has 0 unspecified atom stereocenters. The summed E-state index contributed by atoms with van der Waals surface area (Å²) in [6.07, 6.45) is -2.75. The van der Waals surface area contributed by atoms with Crippen molar-refractivity contribution in [1.82, 2.24) is 0 Å². The van der Waals surface area contributed by atoms with Crippen LogP contribution in [0.3, 0.4) is 0 Å². The Morgan fingerprint density at radius 3 is 3.00 bits per heavy atom. The molecule has 13 heavy (non-hydrogen) atoms. The van der Waals surface area contributed by atoms with Crippen molar-refractivity contribution in [1.29, 1.82) is 5.26 Å². The van der Waals surface area contributed by atoms with Gasteiger partial charge in [-0.05, 0) is 23.5 Å². The van der Waals surface area contributed by atoms with Crippen molar-refractivity contribution >= 4 is 12.6 Å². The molecule has 0 fully saturated rings. The average molecular weight is 180 g/mol. The molecule has 0 heterocycles. The Balaban J connectivity index is 3.47. The Morgan fingerprint density at radius 2 is 2.46 bits per heavy atom. The summed E-state index contributed by atoms with van der Waals surface area (Å²) in [6.45, 7) is -2.96. The lowest BCUT2D eigenvalue weighted by molar-refractivity contribution is 0.425. The van der Waals surface area contributed by atoms with Crippen LogP contribution in [-0.4, -0.2) is 17.2 Å². The van der Waals surface area contributed by atoms with E-state index in [0.29, 0.717) is 0 Å². The fourth-order valence-electron chi connectivity index (χ4n) is 0.923. The quantitative estimate of drug-likeness (QED) is 0.619. The van der Waals surface area contributed by atoms with Crippen LogP contribution in [0.2, 0.25) is 0 Å². The molecule has 0 spiro atoms. The van der Waals surface area contributed by atoms with Gasteiger partial charge in [-0.25, -0.2) is 0 Å². The van der Waals surface area contributed by atoms with E-state index in [-0.39, 0.29) is 16.6 Å². The van der Waals surface area contributed by atoms with E-state index in [4.69, 9.17) is 22.2 Å². The molecular weight excluding hydrogens is 165 g/mol. The fraction of sp³-hybridized carbons (Fsp3) is 0.222. The normalized spacial score (nSPS) is 17.2. The lowest BCUT2D eigenvalue weighted by Crippen LogP contribution is -2.30. The standard InChI is InChI=1S/C9H10BNO2/c1-2-7-5-9(10(12)13)4-3-8(7)6-11/h3-5,12-13H,2H2,1H3/i1D3,2D2. The molecule has 1 aromatic rings. The summed E-state index contributed by atoms with van der Waals surface area (Å²) in [5.41, 5.74) is -0.603. The summed E-state index contributed by atoms with van der Waals surface area (Å²) >= 11 is 0. The van der Waals surface area contributed by atoms with E-state index in [0.717, 1.165) is 12.1 Å². The predicted molar refractivity (Wildman–Crippen MR) is 50.4 cm³/mol. The first-order valence-corrected chi connectivity index (χ1v) is 3.52. The zero-order chi connectivity index (χ0) is 14.1. The van der Waals surface area contributed by atoms with Crippen molar-refractivity contribution in [2.24, 2.45) is 0 Å². The molecular formula is C9H10BNO2. The molecule has 0 aliphatic heterocycles. The molecule has 0 aliphatic carbocycles. The van der Waals surface area contributed by atoms with Crippen LogP contribution in [-0.2, 0) is 6.37 Å². The van der Waals surface area contributed by atoms with Crippen LogP contribution in [0.25, 0.3) is 0 Å². The monoisotopic (exact) mass is 180 g/mol. The van der Waals surface area contributed by atoms with E-state index in [1.54, 1.807) is 6.07 Å². The van der Waals surface area contributed by atoms with E-state index in [9.17, 15) is 0 Å². The van der Waals surface area contributed by atoms with Crippen LogP contribution >= 0.6 is 0 Å². The van der Waals surface area contributed by atoms with Gasteiger partial charge in [0.2, 0.25) is 0 Å². The molecule has 0 radical (unpaired) electrons. The van der Waals surface area contributed by atoms with Crippen LogP contribution in [0.5, 0.6) is 0 Å². The van der Waals surface area contributed by atoms with Crippen LogP contribution in [0, 0.1) is 11.3 Å². The Labute approximate surface area is 84.4 Å². The molecule has 0 atom stereocenters. The van der Waals surface area contributed by atoms with Gasteiger partial charge in [0.25, 0.3) is 0 Å². The first-order valence-electron chi connectivity index (χ1n) is 6.02. The van der Waals surface area contributed by atoms with E-state index in [1.165, 1.54) is 6.07 Å². The van der Waals surface area contributed by atoms with Crippen molar-refractivity contribution in [3.8, 4) is 6.07 Å². The third-order valence-corrected chi connectivity index (χ3v) is 1.60. The van der Waals surface area contributed by atoms with Gasteiger partial charge in [-0.1, -0.05) is 19.0 Å². The highest BCUT2D eigenvalue weighted by atomic mass is 16.4. The summed E-state index contributed by atoms with van der Waals surface area (Å²) in [4.78, 5) is 0. The molecule has 2 N–H and O–H groups in total. The highest BCUT2D eigenvalue weighted by Crippen LogP contribution is 2.06.